The Balaban J connectivity index is 3.53. The van der Waals surface area contributed by atoms with E-state index in [4.69, 9.17) is 36.8 Å². The van der Waals surface area contributed by atoms with Crippen LogP contribution in [0.5, 0.6) is 0 Å². The van der Waals surface area contributed by atoms with Crippen LogP contribution in [0.1, 0.15) is 147 Å². The van der Waals surface area contributed by atoms with Gasteiger partial charge in [0.25, 0.3) is 0 Å². The first kappa shape index (κ1) is 88.6. The first-order valence-corrected chi connectivity index (χ1v) is 33.2. The van der Waals surface area contributed by atoms with Crippen molar-refractivity contribution in [2.24, 2.45) is 40.9 Å². The molecule has 1 aliphatic heterocycles. The number of hydrogen-bond acceptors (Lipinski definition) is 21. The molecule has 15 atom stereocenters. The molecule has 1 heterocycles. The summed E-state index contributed by atoms with van der Waals surface area (Å²) in [7, 11) is 0. The molecule has 0 aromatic heterocycles. The number of amides is 12. The molecule has 1 fully saturated rings. The highest BCUT2D eigenvalue weighted by Crippen LogP contribution is 2.32. The number of nitrogens with two attached hydrogens (primary N) is 3. The molecule has 0 radical (unpaired) electrons. The fourth-order valence-electron chi connectivity index (χ4n) is 10.4. The summed E-state index contributed by atoms with van der Waals surface area (Å²) in [6, 6.07) is -15.3. The minimum absolute atomic E-state index is 0.0797. The Morgan fingerprint density at radius 2 is 1.25 bits per heavy atom. The molecule has 1 aromatic rings. The van der Waals surface area contributed by atoms with Crippen molar-refractivity contribution in [1.82, 2.24) is 58.1 Å². The molecule has 0 spiro atoms. The number of alkyl carbamates (subject to hydrolysis) is 1. The van der Waals surface area contributed by atoms with E-state index < -0.39 is 235 Å². The maximum atomic E-state index is 16.3. The molecule has 1 saturated heterocycles. The van der Waals surface area contributed by atoms with Gasteiger partial charge in [0, 0.05) is 6.54 Å². The van der Waals surface area contributed by atoms with E-state index in [1.807, 2.05) is 10.6 Å². The maximum Gasteiger partial charge on any atom is 0.490 e. The number of rotatable bonds is 25. The van der Waals surface area contributed by atoms with E-state index >= 15 is 14.4 Å². The summed E-state index contributed by atoms with van der Waals surface area (Å²) in [5, 5.41) is 63.2. The maximum absolute atomic E-state index is 16.3. The zero-order valence-corrected chi connectivity index (χ0v) is 59.4. The summed E-state index contributed by atoms with van der Waals surface area (Å²) < 4.78 is 60.0. The van der Waals surface area contributed by atoms with E-state index in [1.165, 1.54) is 52.8 Å². The summed E-state index contributed by atoms with van der Waals surface area (Å²) in [5.41, 5.74) is 15.4. The molecule has 2 rings (SSSR count). The van der Waals surface area contributed by atoms with Crippen molar-refractivity contribution in [3.05, 3.63) is 35.9 Å². The second kappa shape index (κ2) is 40.8. The number of esters is 2. The molecule has 0 saturated carbocycles. The third-order valence-corrected chi connectivity index (χ3v) is 15.7. The van der Waals surface area contributed by atoms with Crippen LogP contribution in [-0.4, -0.2) is 219 Å². The number of alkyl halides is 3. The van der Waals surface area contributed by atoms with Crippen LogP contribution in [0, 0.1) is 29.1 Å². The van der Waals surface area contributed by atoms with E-state index in [2.05, 4.69) is 42.5 Å². The van der Waals surface area contributed by atoms with E-state index in [1.54, 1.807) is 34.6 Å². The lowest BCUT2D eigenvalue weighted by Crippen LogP contribution is -2.67. The van der Waals surface area contributed by atoms with Crippen LogP contribution in [0.2, 0.25) is 0 Å². The summed E-state index contributed by atoms with van der Waals surface area (Å²) in [5.74, 6) is -24.6. The number of aliphatic hydroxyl groups is 3. The van der Waals surface area contributed by atoms with Gasteiger partial charge in [-0.1, -0.05) is 105 Å². The fraction of sp³-hybridized carbons (Fsp3) is 0.672. The fourth-order valence-corrected chi connectivity index (χ4v) is 10.4. The Morgan fingerprint density at radius 3 is 1.75 bits per heavy atom. The van der Waals surface area contributed by atoms with E-state index in [0.29, 0.717) is 4.90 Å². The second-order valence-corrected chi connectivity index (χ2v) is 26.8. The van der Waals surface area contributed by atoms with Gasteiger partial charge in [0.1, 0.15) is 60.0 Å². The molecule has 0 unspecified atom stereocenters. The van der Waals surface area contributed by atoms with Gasteiger partial charge in [-0.2, -0.15) is 13.2 Å². The van der Waals surface area contributed by atoms with Gasteiger partial charge in [-0.25, -0.2) is 14.4 Å². The van der Waals surface area contributed by atoms with E-state index in [0.717, 1.165) is 32.9 Å². The van der Waals surface area contributed by atoms with Crippen molar-refractivity contribution >= 4 is 89.0 Å². The van der Waals surface area contributed by atoms with Crippen LogP contribution < -0.4 is 70.4 Å². The summed E-state index contributed by atoms with van der Waals surface area (Å²) in [6.45, 7) is 15.8. The van der Waals surface area contributed by atoms with Gasteiger partial charge in [0.2, 0.25) is 65.0 Å². The third kappa shape index (κ3) is 28.2. The average Bonchev–Trinajstić information content (AvgIpc) is 0.774. The number of ether oxygens (including phenoxy) is 3. The number of nitrogens with zero attached hydrogens (tertiary/aromatic N) is 1. The zero-order chi connectivity index (χ0) is 78.0. The van der Waals surface area contributed by atoms with E-state index in [9.17, 15) is 81.2 Å². The quantitative estimate of drug-likeness (QED) is 0.0156. The SMILES string of the molecule is CCC[C@@H](C(N)=O)N(C(=O)[C@@H](CC(C)C)NC(=O)OC(C)(C)C)[C@@H]1C(=O)N[C@@H]([C@H](OC(=O)C(F)(F)F)C(C)C)C(=O)N[C@@H](CC(C)C)C(=O)N[C@H](CCCNC(=N)N)C(=O)N[C@@H]([C@@H](C)CC)C(=O)N[C@@H]([C@H](C)O)C(=O)NCC(=O)N[C@@H]([C@H](O)C(N)=O)C(=O)N[C@@H](CO)C(=O)O[C@@H]1c1ccccc1. The Hall–Kier alpha value is -9.46. The Kier molecular flexibility index (Phi) is 35.5. The summed E-state index contributed by atoms with van der Waals surface area (Å²) >= 11 is 0. The van der Waals surface area contributed by atoms with Crippen LogP contribution in [0.4, 0.5) is 18.0 Å². The molecule has 0 aliphatic carbocycles. The topological polar surface area (TPSA) is 553 Å². The molecule has 38 heteroatoms. The van der Waals surface area contributed by atoms with Gasteiger partial charge in [-0.15, -0.1) is 0 Å². The Bertz CT molecular complexity index is 3100. The predicted molar refractivity (Wildman–Crippen MR) is 356 cm³/mol. The highest BCUT2D eigenvalue weighted by molar-refractivity contribution is 6.01. The van der Waals surface area contributed by atoms with Crippen LogP contribution in [0.25, 0.3) is 0 Å². The molecular weight excluding hydrogens is 1360 g/mol. The molecule has 574 valence electrons. The monoisotopic (exact) mass is 1460 g/mol. The number of nitrogens with one attached hydrogen (secondary N) is 11. The minimum Gasteiger partial charge on any atom is -0.453 e. The number of guanidine groups is 1. The molecule has 1 aliphatic rings. The number of hydrogen-bond donors (Lipinski definition) is 17. The van der Waals surface area contributed by atoms with Gasteiger partial charge in [0.15, 0.2) is 30.3 Å². The van der Waals surface area contributed by atoms with Crippen molar-refractivity contribution in [3.8, 4) is 0 Å². The molecule has 0 bridgehead atoms. The molecule has 20 N–H and O–H groups in total. The molecule has 35 nitrogen and oxygen atoms in total. The second-order valence-electron chi connectivity index (χ2n) is 26.8. The number of cyclic esters (lactones) is 1. The highest BCUT2D eigenvalue weighted by Gasteiger charge is 2.51. The predicted octanol–water partition coefficient (Wildman–Crippen LogP) is -2.71. The average molecular weight is 1460 g/mol. The molecule has 102 heavy (non-hydrogen) atoms. The van der Waals surface area contributed by atoms with Gasteiger partial charge in [-0.3, -0.25) is 58.1 Å². The van der Waals surface area contributed by atoms with Crippen LogP contribution in [0.3, 0.4) is 0 Å². The van der Waals surface area contributed by atoms with Crippen molar-refractivity contribution in [3.63, 3.8) is 0 Å². The van der Waals surface area contributed by atoms with Crippen LogP contribution >= 0.6 is 0 Å². The first-order valence-electron chi connectivity index (χ1n) is 33.2. The number of primary amides is 2. The Labute approximate surface area is 588 Å². The third-order valence-electron chi connectivity index (χ3n) is 15.7. The standard InChI is InChI=1S/C64H102F3N15O20/c1-14-20-39(49(68)87)82(58(96)37(26-30(5)6)77-62(99)102-63(11,12)13)45-48(34-21-17-16-18-22-34)100-59(97)38(28-83)76-55(93)43(46(86)50(69)88)78-40(85)27-73-53(91)42(33(10)84)80-54(92)41(32(9)15-2)79-51(89)35(23-19-24-72-61(70)71)74-52(90)36(25-29(3)4)75-56(94)44(81-57(45)95)47(31(7)8)101-60(98)64(65,66)67/h16-18,21-22,29-33,35-39,41-48,83-84,86H,14-15,19-20,23-28H2,1-13H3,(H2,68,87)(H2,69,88)(H,73,91)(H,74,90)(H,75,94)(H,76,93)(H,77,99)(H,78,85)(H,79,89)(H,80,92)(H,81,95)(H4,70,71,72)/t32-,33-,35+,36-,37+,38-,39-,41-,42-,43-,44-,45-,46-,47+,48+/m0/s1. The number of aliphatic hydroxyl groups excluding tert-OH is 3. The smallest absolute Gasteiger partial charge is 0.453 e. The largest absolute Gasteiger partial charge is 0.490 e. The number of benzene rings is 1. The van der Waals surface area contributed by atoms with E-state index in [-0.39, 0.29) is 44.2 Å². The molecular formula is C64H102F3N15O20. The van der Waals surface area contributed by atoms with Crippen molar-refractivity contribution in [2.45, 2.75) is 232 Å². The van der Waals surface area contributed by atoms with Crippen LogP contribution in [-0.2, 0) is 76.5 Å². The Morgan fingerprint density at radius 1 is 0.706 bits per heavy atom. The molecule has 1 aromatic carbocycles. The van der Waals surface area contributed by atoms with Gasteiger partial charge < -0.3 is 105 Å². The van der Waals surface area contributed by atoms with Crippen LogP contribution in [0.15, 0.2) is 30.3 Å². The summed E-state index contributed by atoms with van der Waals surface area (Å²) in [6.07, 6.45) is -18.2. The van der Waals surface area contributed by atoms with Crippen molar-refractivity contribution in [2.75, 3.05) is 19.7 Å². The van der Waals surface area contributed by atoms with Gasteiger partial charge >= 0.3 is 24.2 Å². The molecule has 12 amide bonds. The number of carbonyl (C=O) groups is 14. The lowest BCUT2D eigenvalue weighted by Gasteiger charge is -2.42. The zero-order valence-electron chi connectivity index (χ0n) is 59.4. The normalized spacial score (nSPS) is 23.4. The van der Waals surface area contributed by atoms with Crippen molar-refractivity contribution < 1.29 is 110 Å². The lowest BCUT2D eigenvalue weighted by atomic mass is 9.92. The number of carbonyl (C=O) groups excluding carboxylic acids is 14. The van der Waals surface area contributed by atoms with Gasteiger partial charge in [-0.05, 0) is 89.0 Å². The highest BCUT2D eigenvalue weighted by atomic mass is 19.4. The summed E-state index contributed by atoms with van der Waals surface area (Å²) in [4.78, 5) is 202. The first-order chi connectivity index (χ1) is 47.3. The van der Waals surface area contributed by atoms with Gasteiger partial charge in [0.05, 0.1) is 19.3 Å². The lowest BCUT2D eigenvalue weighted by molar-refractivity contribution is -0.208. The number of halogens is 3. The minimum atomic E-state index is -5.83. The van der Waals surface area contributed by atoms with Crippen molar-refractivity contribution in [1.29, 1.82) is 5.41 Å².